The first-order valence-electron chi connectivity index (χ1n) is 11.3. The topological polar surface area (TPSA) is 37.7 Å². The first kappa shape index (κ1) is 24.2. The zero-order valence-electron chi connectivity index (χ0n) is 18.7. The third-order valence-corrected chi connectivity index (χ3v) is 6.00. The molecule has 0 aliphatic carbocycles. The normalized spacial score (nSPS) is 15.2. The summed E-state index contributed by atoms with van der Waals surface area (Å²) in [6.45, 7) is 2.00. The molecule has 0 atom stereocenters. The van der Waals surface area contributed by atoms with Crippen LogP contribution in [0.1, 0.15) is 22.5 Å². The Morgan fingerprint density at radius 1 is 0.971 bits per heavy atom. The minimum Gasteiger partial charge on any atom is -0.372 e. The van der Waals surface area contributed by atoms with Gasteiger partial charge < -0.3 is 14.2 Å². The maximum absolute atomic E-state index is 14.3. The number of carbonyl (C=O) groups is 1. The average molecular weight is 478 g/mol. The minimum absolute atomic E-state index is 0.0504. The van der Waals surface area contributed by atoms with Crippen LogP contribution in [0.3, 0.4) is 0 Å². The van der Waals surface area contributed by atoms with Gasteiger partial charge in [0.2, 0.25) is 0 Å². The summed E-state index contributed by atoms with van der Waals surface area (Å²) in [5.74, 6) is -0.424. The molecule has 0 N–H and O–H groups in total. The number of halogens is 4. The highest BCUT2D eigenvalue weighted by Crippen LogP contribution is 2.24. The van der Waals surface area contributed by atoms with Crippen LogP contribution in [0, 0.1) is 5.82 Å². The van der Waals surface area contributed by atoms with E-state index in [9.17, 15) is 22.4 Å². The van der Waals surface area contributed by atoms with Gasteiger partial charge in [0.1, 0.15) is 18.1 Å². The van der Waals surface area contributed by atoms with E-state index in [0.717, 1.165) is 10.9 Å². The largest absolute Gasteiger partial charge is 0.411 e. The number of para-hydroxylation sites is 1. The zero-order valence-corrected chi connectivity index (χ0v) is 18.7. The second kappa shape index (κ2) is 10.6. The van der Waals surface area contributed by atoms with E-state index >= 15 is 0 Å². The van der Waals surface area contributed by atoms with Crippen LogP contribution in [0.5, 0.6) is 0 Å². The van der Waals surface area contributed by atoms with Crippen molar-refractivity contribution in [1.29, 1.82) is 0 Å². The monoisotopic (exact) mass is 477 g/mol. The molecule has 1 aromatic heterocycles. The van der Waals surface area contributed by atoms with Crippen LogP contribution in [0.25, 0.3) is 10.9 Å². The van der Waals surface area contributed by atoms with E-state index in [0.29, 0.717) is 50.4 Å². The van der Waals surface area contributed by atoms with Crippen molar-refractivity contribution in [3.8, 4) is 0 Å². The number of fused-ring (bicyclic) bond motifs is 1. The SMILES string of the molecule is O=C(c1cc2ccccc2n1Cc1ccccc1F)N1CCN(CCCOCC(F)(F)F)CC1. The third kappa shape index (κ3) is 5.95. The van der Waals surface area contributed by atoms with Gasteiger partial charge in [-0.05, 0) is 24.6 Å². The second-order valence-electron chi connectivity index (χ2n) is 8.42. The van der Waals surface area contributed by atoms with Crippen LogP contribution in [0.4, 0.5) is 17.6 Å². The molecular weight excluding hydrogens is 450 g/mol. The molecule has 1 saturated heterocycles. The van der Waals surface area contributed by atoms with Crippen LogP contribution < -0.4 is 0 Å². The predicted molar refractivity (Wildman–Crippen MR) is 121 cm³/mol. The number of carbonyl (C=O) groups excluding carboxylic acids is 1. The first-order chi connectivity index (χ1) is 16.3. The average Bonchev–Trinajstić information content (AvgIpc) is 3.18. The van der Waals surface area contributed by atoms with Crippen LogP contribution in [0.15, 0.2) is 54.6 Å². The highest BCUT2D eigenvalue weighted by molar-refractivity contribution is 5.99. The van der Waals surface area contributed by atoms with Gasteiger partial charge in [0, 0.05) is 55.8 Å². The molecule has 1 amide bonds. The Labute approximate surface area is 195 Å². The Balaban J connectivity index is 1.39. The first-order valence-corrected chi connectivity index (χ1v) is 11.3. The van der Waals surface area contributed by atoms with Crippen molar-refractivity contribution in [3.63, 3.8) is 0 Å². The molecule has 3 aromatic rings. The molecule has 1 aliphatic rings. The lowest BCUT2D eigenvalue weighted by Gasteiger charge is -2.34. The van der Waals surface area contributed by atoms with E-state index in [4.69, 9.17) is 0 Å². The lowest BCUT2D eigenvalue weighted by atomic mass is 10.2. The fraction of sp³-hybridized carbons (Fsp3) is 0.400. The standard InChI is InChI=1S/C25H27F4N3O2/c26-21-8-3-1-7-20(21)17-32-22-9-4-2-6-19(22)16-23(32)24(33)31-13-11-30(12-14-31)10-5-15-34-18-25(27,28)29/h1-4,6-9,16H,5,10-15,17-18H2. The van der Waals surface area contributed by atoms with Crippen LogP contribution in [-0.4, -0.2) is 72.4 Å². The van der Waals surface area contributed by atoms with Gasteiger partial charge in [-0.2, -0.15) is 13.2 Å². The highest BCUT2D eigenvalue weighted by atomic mass is 19.4. The van der Waals surface area contributed by atoms with E-state index in [-0.39, 0.29) is 24.9 Å². The Morgan fingerprint density at radius 2 is 1.68 bits per heavy atom. The van der Waals surface area contributed by atoms with Gasteiger partial charge in [0.05, 0.1) is 6.54 Å². The molecule has 1 aliphatic heterocycles. The maximum atomic E-state index is 14.3. The minimum atomic E-state index is -4.30. The summed E-state index contributed by atoms with van der Waals surface area (Å²) in [7, 11) is 0. The Kier molecular flexibility index (Phi) is 7.53. The van der Waals surface area contributed by atoms with Crippen molar-refractivity contribution in [2.75, 3.05) is 45.9 Å². The number of aromatic nitrogens is 1. The summed E-state index contributed by atoms with van der Waals surface area (Å²) in [6.07, 6.45) is -3.80. The number of amides is 1. The Hall–Kier alpha value is -2.91. The lowest BCUT2D eigenvalue weighted by molar-refractivity contribution is -0.174. The summed E-state index contributed by atoms with van der Waals surface area (Å²) < 4.78 is 57.3. The number of hydrogen-bond acceptors (Lipinski definition) is 3. The summed E-state index contributed by atoms with van der Waals surface area (Å²) in [5.41, 5.74) is 1.89. The molecule has 2 aromatic carbocycles. The van der Waals surface area contributed by atoms with Crippen LogP contribution >= 0.6 is 0 Å². The summed E-state index contributed by atoms with van der Waals surface area (Å²) in [6, 6.07) is 16.1. The molecule has 2 heterocycles. The molecule has 182 valence electrons. The smallest absolute Gasteiger partial charge is 0.372 e. The number of alkyl halides is 3. The van der Waals surface area contributed by atoms with E-state index < -0.39 is 12.8 Å². The zero-order chi connectivity index (χ0) is 24.1. The molecule has 0 spiro atoms. The van der Waals surface area contributed by atoms with E-state index in [1.807, 2.05) is 34.9 Å². The van der Waals surface area contributed by atoms with Gasteiger partial charge in [-0.15, -0.1) is 0 Å². The number of piperazine rings is 1. The fourth-order valence-corrected chi connectivity index (χ4v) is 4.27. The summed E-state index contributed by atoms with van der Waals surface area (Å²) in [4.78, 5) is 17.3. The maximum Gasteiger partial charge on any atom is 0.411 e. The quantitative estimate of drug-likeness (QED) is 0.353. The van der Waals surface area contributed by atoms with Crippen molar-refractivity contribution in [3.05, 3.63) is 71.7 Å². The lowest BCUT2D eigenvalue weighted by Crippen LogP contribution is -2.49. The second-order valence-corrected chi connectivity index (χ2v) is 8.42. The van der Waals surface area contributed by atoms with Crippen LogP contribution in [-0.2, 0) is 11.3 Å². The van der Waals surface area contributed by atoms with Gasteiger partial charge in [-0.25, -0.2) is 4.39 Å². The molecule has 0 bridgehead atoms. The highest BCUT2D eigenvalue weighted by Gasteiger charge is 2.28. The van der Waals surface area contributed by atoms with E-state index in [1.54, 1.807) is 23.1 Å². The molecule has 34 heavy (non-hydrogen) atoms. The van der Waals surface area contributed by atoms with Gasteiger partial charge in [0.15, 0.2) is 0 Å². The summed E-state index contributed by atoms with van der Waals surface area (Å²) in [5, 5.41) is 0.916. The van der Waals surface area contributed by atoms with Gasteiger partial charge >= 0.3 is 6.18 Å². The number of hydrogen-bond donors (Lipinski definition) is 0. The van der Waals surface area contributed by atoms with Crippen molar-refractivity contribution in [2.24, 2.45) is 0 Å². The number of ether oxygens (including phenoxy) is 1. The molecule has 1 fully saturated rings. The third-order valence-electron chi connectivity index (χ3n) is 6.00. The molecule has 9 heteroatoms. The molecular formula is C25H27F4N3O2. The van der Waals surface area contributed by atoms with Crippen molar-refractivity contribution in [1.82, 2.24) is 14.4 Å². The molecule has 0 unspecified atom stereocenters. The van der Waals surface area contributed by atoms with Gasteiger partial charge in [-0.3, -0.25) is 9.69 Å². The van der Waals surface area contributed by atoms with Crippen molar-refractivity contribution < 1.29 is 27.1 Å². The Morgan fingerprint density at radius 3 is 2.41 bits per heavy atom. The Bertz CT molecular complexity index is 1120. The fourth-order valence-electron chi connectivity index (χ4n) is 4.27. The summed E-state index contributed by atoms with van der Waals surface area (Å²) >= 11 is 0. The van der Waals surface area contributed by atoms with E-state index in [2.05, 4.69) is 9.64 Å². The van der Waals surface area contributed by atoms with Crippen LogP contribution in [0.2, 0.25) is 0 Å². The number of nitrogens with zero attached hydrogens (tertiary/aromatic N) is 3. The molecule has 4 rings (SSSR count). The van der Waals surface area contributed by atoms with E-state index in [1.165, 1.54) is 6.07 Å². The number of rotatable bonds is 8. The van der Waals surface area contributed by atoms with Crippen molar-refractivity contribution >= 4 is 16.8 Å². The van der Waals surface area contributed by atoms with Gasteiger partial charge in [-0.1, -0.05) is 36.4 Å². The molecule has 0 saturated carbocycles. The molecule has 0 radical (unpaired) electrons. The van der Waals surface area contributed by atoms with Crippen molar-refractivity contribution in [2.45, 2.75) is 19.1 Å². The van der Waals surface area contributed by atoms with Gasteiger partial charge in [0.25, 0.3) is 5.91 Å². The number of benzene rings is 2. The predicted octanol–water partition coefficient (Wildman–Crippen LogP) is 4.56. The molecule has 5 nitrogen and oxygen atoms in total.